The van der Waals surface area contributed by atoms with Gasteiger partial charge in [-0.3, -0.25) is 0 Å². The van der Waals surface area contributed by atoms with E-state index in [0.29, 0.717) is 29.4 Å². The number of aryl methyl sites for hydroxylation is 1. The van der Waals surface area contributed by atoms with Crippen LogP contribution in [0.5, 0.6) is 5.88 Å². The number of rotatable bonds is 5. The summed E-state index contributed by atoms with van der Waals surface area (Å²) in [6.07, 6.45) is 6.61. The van der Waals surface area contributed by atoms with Crippen molar-refractivity contribution in [2.24, 2.45) is 11.3 Å². The van der Waals surface area contributed by atoms with Crippen LogP contribution in [0.25, 0.3) is 0 Å². The number of carbonyl (C=O) groups is 1. The van der Waals surface area contributed by atoms with Crippen molar-refractivity contribution in [2.45, 2.75) is 71.8 Å². The molecule has 0 bridgehead atoms. The third kappa shape index (κ3) is 5.81. The first-order chi connectivity index (χ1) is 13.7. The van der Waals surface area contributed by atoms with Gasteiger partial charge in [-0.25, -0.2) is 9.78 Å². The van der Waals surface area contributed by atoms with Gasteiger partial charge in [0.2, 0.25) is 5.88 Å². The van der Waals surface area contributed by atoms with Crippen LogP contribution in [-0.4, -0.2) is 46.3 Å². The summed E-state index contributed by atoms with van der Waals surface area (Å²) in [6, 6.07) is 3.61. The molecule has 1 spiro atoms. The van der Waals surface area contributed by atoms with Crippen molar-refractivity contribution in [1.82, 2.24) is 14.9 Å². The number of nitriles is 1. The standard InChI is InChI=1S/C22H32N4O3/c1-16-24-18(15-23)12-19(25-16)28-11-5-6-17-13-22(14-17)7-9-26(10-8-22)20(27)29-21(2,3)4/h12,17H,5-11,13-14H2,1-4H3. The third-order valence-corrected chi connectivity index (χ3v) is 5.85. The minimum absolute atomic E-state index is 0.181. The predicted octanol–water partition coefficient (Wildman–Crippen LogP) is 4.24. The highest BCUT2D eigenvalue weighted by molar-refractivity contribution is 5.68. The maximum Gasteiger partial charge on any atom is 0.410 e. The van der Waals surface area contributed by atoms with Crippen LogP contribution < -0.4 is 4.74 Å². The van der Waals surface area contributed by atoms with E-state index in [4.69, 9.17) is 14.7 Å². The largest absolute Gasteiger partial charge is 0.478 e. The van der Waals surface area contributed by atoms with E-state index in [9.17, 15) is 4.79 Å². The second-order valence-corrected chi connectivity index (χ2v) is 9.48. The van der Waals surface area contributed by atoms with E-state index in [1.807, 2.05) is 31.7 Å². The van der Waals surface area contributed by atoms with Gasteiger partial charge in [-0.2, -0.15) is 10.2 Å². The van der Waals surface area contributed by atoms with Crippen LogP contribution in [-0.2, 0) is 4.74 Å². The zero-order valence-electron chi connectivity index (χ0n) is 18.0. The van der Waals surface area contributed by atoms with Crippen molar-refractivity contribution in [2.75, 3.05) is 19.7 Å². The highest BCUT2D eigenvalue weighted by atomic mass is 16.6. The molecule has 0 radical (unpaired) electrons. The molecule has 2 aliphatic rings. The Morgan fingerprint density at radius 3 is 2.62 bits per heavy atom. The first-order valence-corrected chi connectivity index (χ1v) is 10.5. The lowest BCUT2D eigenvalue weighted by molar-refractivity contribution is -0.0301. The normalized spacial score (nSPS) is 18.8. The molecule has 1 aromatic heterocycles. The molecular formula is C22H32N4O3. The monoisotopic (exact) mass is 400 g/mol. The topological polar surface area (TPSA) is 88.3 Å². The van der Waals surface area contributed by atoms with Crippen LogP contribution in [0.3, 0.4) is 0 Å². The van der Waals surface area contributed by atoms with Gasteiger partial charge in [0.1, 0.15) is 23.2 Å². The van der Waals surface area contributed by atoms with Crippen molar-refractivity contribution in [3.8, 4) is 11.9 Å². The van der Waals surface area contributed by atoms with Gasteiger partial charge < -0.3 is 14.4 Å². The average molecular weight is 401 g/mol. The van der Waals surface area contributed by atoms with Crippen molar-refractivity contribution >= 4 is 6.09 Å². The van der Waals surface area contributed by atoms with E-state index in [0.717, 1.165) is 44.7 Å². The van der Waals surface area contributed by atoms with Gasteiger partial charge in [0.15, 0.2) is 0 Å². The van der Waals surface area contributed by atoms with E-state index < -0.39 is 5.60 Å². The van der Waals surface area contributed by atoms with Crippen LogP contribution in [0, 0.1) is 29.6 Å². The van der Waals surface area contributed by atoms with Crippen LogP contribution >= 0.6 is 0 Å². The molecule has 0 N–H and O–H groups in total. The van der Waals surface area contributed by atoms with E-state index >= 15 is 0 Å². The Balaban J connectivity index is 1.33. The first-order valence-electron chi connectivity index (χ1n) is 10.5. The van der Waals surface area contributed by atoms with Crippen LogP contribution in [0.1, 0.15) is 70.8 Å². The Morgan fingerprint density at radius 1 is 1.31 bits per heavy atom. The fourth-order valence-corrected chi connectivity index (χ4v) is 4.49. The smallest absolute Gasteiger partial charge is 0.410 e. The molecule has 0 unspecified atom stereocenters. The molecule has 1 amide bonds. The summed E-state index contributed by atoms with van der Waals surface area (Å²) in [7, 11) is 0. The summed E-state index contributed by atoms with van der Waals surface area (Å²) in [5, 5.41) is 8.96. The molecule has 0 atom stereocenters. The molecule has 7 nitrogen and oxygen atoms in total. The van der Waals surface area contributed by atoms with E-state index in [2.05, 4.69) is 9.97 Å². The number of nitrogens with zero attached hydrogens (tertiary/aromatic N) is 4. The Hall–Kier alpha value is -2.36. The summed E-state index contributed by atoms with van der Waals surface area (Å²) in [6.45, 7) is 9.70. The first kappa shape index (κ1) is 21.4. The number of piperidine rings is 1. The summed E-state index contributed by atoms with van der Waals surface area (Å²) in [4.78, 5) is 22.3. The summed E-state index contributed by atoms with van der Waals surface area (Å²) < 4.78 is 11.2. The van der Waals surface area contributed by atoms with Gasteiger partial charge in [-0.1, -0.05) is 0 Å². The van der Waals surface area contributed by atoms with Crippen LogP contribution in [0.2, 0.25) is 0 Å². The van der Waals surface area contributed by atoms with Crippen molar-refractivity contribution in [3.63, 3.8) is 0 Å². The van der Waals surface area contributed by atoms with E-state index in [1.165, 1.54) is 12.8 Å². The molecule has 1 saturated heterocycles. The molecule has 2 fully saturated rings. The quantitative estimate of drug-likeness (QED) is 0.687. The highest BCUT2D eigenvalue weighted by Crippen LogP contribution is 2.54. The molecule has 3 rings (SSSR count). The molecule has 29 heavy (non-hydrogen) atoms. The van der Waals surface area contributed by atoms with Crippen molar-refractivity contribution < 1.29 is 14.3 Å². The van der Waals surface area contributed by atoms with Gasteiger partial charge in [-0.15, -0.1) is 0 Å². The van der Waals surface area contributed by atoms with E-state index in [1.54, 1.807) is 13.0 Å². The van der Waals surface area contributed by atoms with Gasteiger partial charge in [-0.05, 0) is 77.6 Å². The number of ether oxygens (including phenoxy) is 2. The summed E-state index contributed by atoms with van der Waals surface area (Å²) in [5.74, 6) is 1.78. The molecular weight excluding hydrogens is 368 g/mol. The molecule has 7 heteroatoms. The lowest BCUT2D eigenvalue weighted by atomic mass is 9.56. The van der Waals surface area contributed by atoms with Crippen LogP contribution in [0.15, 0.2) is 6.07 Å². The second-order valence-electron chi connectivity index (χ2n) is 9.48. The maximum absolute atomic E-state index is 12.2. The average Bonchev–Trinajstić information content (AvgIpc) is 2.62. The van der Waals surface area contributed by atoms with Crippen LogP contribution in [0.4, 0.5) is 4.79 Å². The molecule has 0 aromatic carbocycles. The molecule has 1 aromatic rings. The fourth-order valence-electron chi connectivity index (χ4n) is 4.49. The van der Waals surface area contributed by atoms with Gasteiger partial charge in [0.05, 0.1) is 6.61 Å². The Labute approximate surface area is 173 Å². The Kier molecular flexibility index (Phi) is 6.30. The van der Waals surface area contributed by atoms with Gasteiger partial charge in [0, 0.05) is 19.2 Å². The minimum Gasteiger partial charge on any atom is -0.478 e. The predicted molar refractivity (Wildman–Crippen MR) is 108 cm³/mol. The number of hydrogen-bond acceptors (Lipinski definition) is 6. The molecule has 1 aliphatic heterocycles. The number of amides is 1. The number of hydrogen-bond donors (Lipinski definition) is 0. The number of aromatic nitrogens is 2. The summed E-state index contributed by atoms with van der Waals surface area (Å²) in [5.41, 5.74) is 0.331. The zero-order valence-corrected chi connectivity index (χ0v) is 18.0. The highest BCUT2D eigenvalue weighted by Gasteiger charge is 2.46. The molecule has 158 valence electrons. The third-order valence-electron chi connectivity index (χ3n) is 5.85. The zero-order chi connectivity index (χ0) is 21.1. The molecule has 1 saturated carbocycles. The Morgan fingerprint density at radius 2 is 2.00 bits per heavy atom. The summed E-state index contributed by atoms with van der Waals surface area (Å²) >= 11 is 0. The minimum atomic E-state index is -0.434. The van der Waals surface area contributed by atoms with E-state index in [-0.39, 0.29) is 6.09 Å². The second kappa shape index (κ2) is 8.56. The van der Waals surface area contributed by atoms with Gasteiger partial charge in [0.25, 0.3) is 0 Å². The number of carbonyl (C=O) groups excluding carboxylic acids is 1. The maximum atomic E-state index is 12.2. The number of likely N-dealkylation sites (tertiary alicyclic amines) is 1. The van der Waals surface area contributed by atoms with Crippen molar-refractivity contribution in [1.29, 1.82) is 5.26 Å². The molecule has 2 heterocycles. The van der Waals surface area contributed by atoms with Gasteiger partial charge >= 0.3 is 6.09 Å². The SMILES string of the molecule is Cc1nc(C#N)cc(OCCCC2CC3(CCN(C(=O)OC(C)(C)C)CC3)C2)n1. The fraction of sp³-hybridized carbons (Fsp3) is 0.727. The Bertz CT molecular complexity index is 765. The molecule has 1 aliphatic carbocycles. The lowest BCUT2D eigenvalue weighted by Gasteiger charge is -2.52. The van der Waals surface area contributed by atoms with Crippen molar-refractivity contribution in [3.05, 3.63) is 17.6 Å². The lowest BCUT2D eigenvalue weighted by Crippen LogP contribution is -2.49.